The molecule has 0 spiro atoms. The van der Waals surface area contributed by atoms with Gasteiger partial charge in [-0.2, -0.15) is 0 Å². The van der Waals surface area contributed by atoms with Crippen LogP contribution in [0.1, 0.15) is 77.3 Å². The Morgan fingerprint density at radius 1 is 0.867 bits per heavy atom. The van der Waals surface area contributed by atoms with Crippen LogP contribution in [0.15, 0.2) is 60.7 Å². The predicted octanol–water partition coefficient (Wildman–Crippen LogP) is 5.40. The fourth-order valence-corrected chi connectivity index (χ4v) is 6.20. The molecule has 1 aliphatic heterocycles. The zero-order valence-corrected chi connectivity index (χ0v) is 29.1. The molecule has 0 unspecified atom stereocenters. The molecule has 7 nitrogen and oxygen atoms in total. The molecule has 1 heterocycles. The first-order chi connectivity index (χ1) is 21.6. The molecule has 45 heavy (non-hydrogen) atoms. The second-order valence-electron chi connectivity index (χ2n) is 14.1. The van der Waals surface area contributed by atoms with Gasteiger partial charge in [-0.3, -0.25) is 9.59 Å². The van der Waals surface area contributed by atoms with Gasteiger partial charge in [-0.15, -0.1) is 0 Å². The van der Waals surface area contributed by atoms with E-state index in [4.69, 9.17) is 0 Å². The Bertz CT molecular complexity index is 1120. The fourth-order valence-electron chi connectivity index (χ4n) is 6.20. The number of unbranched alkanes of at least 4 members (excludes halogenated alkanes) is 3. The summed E-state index contributed by atoms with van der Waals surface area (Å²) >= 11 is 0. The van der Waals surface area contributed by atoms with Crippen LogP contribution in [0.3, 0.4) is 0 Å². The van der Waals surface area contributed by atoms with Gasteiger partial charge in [0.05, 0.1) is 6.04 Å². The molecule has 2 amide bonds. The summed E-state index contributed by atoms with van der Waals surface area (Å²) in [7, 11) is 4.00. The smallest absolute Gasteiger partial charge is 0.245 e. The van der Waals surface area contributed by atoms with E-state index in [1.165, 1.54) is 36.8 Å². The van der Waals surface area contributed by atoms with Crippen LogP contribution in [0.25, 0.3) is 0 Å². The summed E-state index contributed by atoms with van der Waals surface area (Å²) < 4.78 is 0. The van der Waals surface area contributed by atoms with Crippen molar-refractivity contribution in [1.29, 1.82) is 0 Å². The molecule has 0 saturated carbocycles. The fraction of sp³-hybridized carbons (Fsp3) is 0.632. The number of nitrogens with one attached hydrogen (secondary N) is 2. The second-order valence-corrected chi connectivity index (χ2v) is 14.1. The zero-order chi connectivity index (χ0) is 32.7. The molecule has 3 atom stereocenters. The maximum atomic E-state index is 14.0. The number of benzene rings is 2. The van der Waals surface area contributed by atoms with Crippen LogP contribution in [0.5, 0.6) is 0 Å². The van der Waals surface area contributed by atoms with Crippen LogP contribution < -0.4 is 10.6 Å². The Morgan fingerprint density at radius 2 is 1.44 bits per heavy atom. The number of hydrogen-bond acceptors (Lipinski definition) is 5. The highest BCUT2D eigenvalue weighted by Gasteiger charge is 2.40. The van der Waals surface area contributed by atoms with Gasteiger partial charge in [-0.05, 0) is 89.2 Å². The average molecular weight is 620 g/mol. The Labute approximate surface area is 274 Å². The van der Waals surface area contributed by atoms with E-state index in [-0.39, 0.29) is 29.3 Å². The van der Waals surface area contributed by atoms with Gasteiger partial charge in [0, 0.05) is 32.2 Å². The van der Waals surface area contributed by atoms with Gasteiger partial charge in [-0.25, -0.2) is 0 Å². The Hall–Kier alpha value is -2.74. The normalized spacial score (nSPS) is 16.7. The van der Waals surface area contributed by atoms with Gasteiger partial charge in [0.2, 0.25) is 11.8 Å². The molecule has 0 bridgehead atoms. The third-order valence-corrected chi connectivity index (χ3v) is 9.30. The number of carbonyl (C=O) groups excluding carboxylic acids is 2. The molecule has 1 aliphatic rings. The Morgan fingerprint density at radius 3 is 2.02 bits per heavy atom. The first kappa shape index (κ1) is 36.7. The summed E-state index contributed by atoms with van der Waals surface area (Å²) in [4.78, 5) is 33.9. The number of rotatable bonds is 19. The number of nitrogens with zero attached hydrogens (tertiary/aromatic N) is 3. The largest absolute Gasteiger partial charge is 0.342 e. The molecule has 250 valence electrons. The molecular weight excluding hydrogens is 558 g/mol. The number of likely N-dealkylation sites (tertiary alicyclic amines) is 1. The van der Waals surface area contributed by atoms with Crippen molar-refractivity contribution in [2.45, 2.75) is 97.2 Å². The molecule has 2 aromatic rings. The SMILES string of the molecule is CN[C@@H](C)C(=O)N[C@H](C(=O)N1CCC[C@H]1CN(CCCCCCN(C)CCc1ccccc1)CCc1ccccc1)C(C)(C)C. The van der Waals surface area contributed by atoms with Crippen molar-refractivity contribution in [2.24, 2.45) is 5.41 Å². The topological polar surface area (TPSA) is 67.9 Å². The van der Waals surface area contributed by atoms with E-state index in [9.17, 15) is 9.59 Å². The molecule has 3 rings (SSSR count). The molecule has 0 aliphatic carbocycles. The molecule has 2 aromatic carbocycles. The van der Waals surface area contributed by atoms with E-state index >= 15 is 0 Å². The Kier molecular flexibility index (Phi) is 15.5. The summed E-state index contributed by atoms with van der Waals surface area (Å²) in [5, 5.41) is 6.07. The average Bonchev–Trinajstić information content (AvgIpc) is 3.50. The summed E-state index contributed by atoms with van der Waals surface area (Å²) in [5.74, 6) is -0.0746. The van der Waals surface area contributed by atoms with Crippen molar-refractivity contribution in [2.75, 3.05) is 53.4 Å². The van der Waals surface area contributed by atoms with Gasteiger partial charge in [0.25, 0.3) is 0 Å². The van der Waals surface area contributed by atoms with Crippen molar-refractivity contribution in [3.8, 4) is 0 Å². The lowest BCUT2D eigenvalue weighted by Gasteiger charge is -2.37. The summed E-state index contributed by atoms with van der Waals surface area (Å²) in [6.45, 7) is 13.9. The first-order valence-electron chi connectivity index (χ1n) is 17.4. The number of likely N-dealkylation sites (N-methyl/N-ethyl adjacent to an activating group) is 2. The number of carbonyl (C=O) groups is 2. The number of amides is 2. The summed E-state index contributed by atoms with van der Waals surface area (Å²) in [5.41, 5.74) is 2.38. The maximum absolute atomic E-state index is 14.0. The zero-order valence-electron chi connectivity index (χ0n) is 29.1. The van der Waals surface area contributed by atoms with Crippen molar-refractivity contribution in [3.63, 3.8) is 0 Å². The lowest BCUT2D eigenvalue weighted by atomic mass is 9.85. The molecule has 1 fully saturated rings. The van der Waals surface area contributed by atoms with Crippen LogP contribution in [-0.2, 0) is 22.4 Å². The van der Waals surface area contributed by atoms with Crippen molar-refractivity contribution >= 4 is 11.8 Å². The lowest BCUT2D eigenvalue weighted by molar-refractivity contribution is -0.140. The lowest BCUT2D eigenvalue weighted by Crippen LogP contribution is -2.59. The minimum Gasteiger partial charge on any atom is -0.342 e. The minimum atomic E-state index is -0.551. The van der Waals surface area contributed by atoms with Crippen LogP contribution in [0.2, 0.25) is 0 Å². The van der Waals surface area contributed by atoms with Crippen molar-refractivity contribution < 1.29 is 9.59 Å². The molecule has 0 radical (unpaired) electrons. The third kappa shape index (κ3) is 12.9. The summed E-state index contributed by atoms with van der Waals surface area (Å²) in [6, 6.07) is 20.7. The second kappa shape index (κ2) is 19.0. The van der Waals surface area contributed by atoms with Crippen molar-refractivity contribution in [1.82, 2.24) is 25.3 Å². The highest BCUT2D eigenvalue weighted by Crippen LogP contribution is 2.26. The van der Waals surface area contributed by atoms with Gasteiger partial charge in [0.1, 0.15) is 6.04 Å². The van der Waals surface area contributed by atoms with E-state index in [0.29, 0.717) is 0 Å². The predicted molar refractivity (Wildman–Crippen MR) is 187 cm³/mol. The quantitative estimate of drug-likeness (QED) is 0.206. The molecular formula is C38H61N5O2. The molecule has 1 saturated heterocycles. The van der Waals surface area contributed by atoms with Gasteiger partial charge < -0.3 is 25.3 Å². The standard InChI is InChI=1S/C38H61N5O2/c1-31(39-5)36(44)40-35(38(2,3)4)37(45)43-27-17-22-34(43)30-42(29-24-33-20-13-10-14-21-33)26-16-8-7-15-25-41(6)28-23-32-18-11-9-12-19-32/h9-14,18-21,31,34-35,39H,7-8,15-17,22-30H2,1-6H3,(H,40,44)/t31-,34-,35+/m0/s1. The molecule has 7 heteroatoms. The van der Waals surface area contributed by atoms with E-state index < -0.39 is 6.04 Å². The van der Waals surface area contributed by atoms with Gasteiger partial charge in [-0.1, -0.05) is 94.3 Å². The van der Waals surface area contributed by atoms with Crippen molar-refractivity contribution in [3.05, 3.63) is 71.8 Å². The van der Waals surface area contributed by atoms with E-state index in [2.05, 4.69) is 93.0 Å². The van der Waals surface area contributed by atoms with Crippen LogP contribution in [0.4, 0.5) is 0 Å². The summed E-state index contributed by atoms with van der Waals surface area (Å²) in [6.07, 6.45) is 9.01. The third-order valence-electron chi connectivity index (χ3n) is 9.30. The monoisotopic (exact) mass is 619 g/mol. The van der Waals surface area contributed by atoms with Crippen LogP contribution in [0, 0.1) is 5.41 Å². The Balaban J connectivity index is 1.53. The minimum absolute atomic E-state index is 0.0565. The molecule has 0 aromatic heterocycles. The van der Waals surface area contributed by atoms with Crippen LogP contribution in [-0.4, -0.2) is 98.0 Å². The first-order valence-corrected chi connectivity index (χ1v) is 17.4. The highest BCUT2D eigenvalue weighted by molar-refractivity contribution is 5.90. The maximum Gasteiger partial charge on any atom is 0.245 e. The highest BCUT2D eigenvalue weighted by atomic mass is 16.2. The van der Waals surface area contributed by atoms with Crippen LogP contribution >= 0.6 is 0 Å². The van der Waals surface area contributed by atoms with E-state index in [1.807, 2.05) is 27.7 Å². The number of hydrogen-bond donors (Lipinski definition) is 2. The van der Waals surface area contributed by atoms with Gasteiger partial charge >= 0.3 is 0 Å². The van der Waals surface area contributed by atoms with Gasteiger partial charge in [0.15, 0.2) is 0 Å². The van der Waals surface area contributed by atoms with E-state index in [0.717, 1.165) is 65.0 Å². The van der Waals surface area contributed by atoms with E-state index in [1.54, 1.807) is 7.05 Å². The molecule has 2 N–H and O–H groups in total.